The molecule has 1 aromatic heterocycles. The van der Waals surface area contributed by atoms with Gasteiger partial charge in [0.25, 0.3) is 11.9 Å². The summed E-state index contributed by atoms with van der Waals surface area (Å²) < 4.78 is 10.2. The number of nitrogens with zero attached hydrogens (tertiary/aromatic N) is 1. The van der Waals surface area contributed by atoms with E-state index < -0.39 is 5.91 Å². The Morgan fingerprint density at radius 2 is 2.14 bits per heavy atom. The van der Waals surface area contributed by atoms with Crippen molar-refractivity contribution >= 4 is 35.1 Å². The molecule has 21 heavy (non-hydrogen) atoms. The standard InChI is InChI=1S/C14H12Cl2N2O3/c1-20-14(17-8-10-3-2-6-21-10)18-13(19)9-4-5-11(15)12(16)7-9/h2-7H,8H2,1H3,(H,17,18,19). The lowest BCUT2D eigenvalue weighted by molar-refractivity contribution is 0.0968. The van der Waals surface area contributed by atoms with E-state index in [4.69, 9.17) is 32.4 Å². The molecule has 1 N–H and O–H groups in total. The molecular formula is C14H12Cl2N2O3. The van der Waals surface area contributed by atoms with Gasteiger partial charge in [-0.1, -0.05) is 23.2 Å². The second-order valence-corrected chi connectivity index (χ2v) is 4.80. The second kappa shape index (κ2) is 7.15. The SMILES string of the molecule is COC(=NCc1ccco1)NC(=O)c1ccc(Cl)c(Cl)c1. The zero-order valence-electron chi connectivity index (χ0n) is 11.1. The minimum atomic E-state index is -0.395. The molecule has 2 aromatic rings. The highest BCUT2D eigenvalue weighted by molar-refractivity contribution is 6.42. The maximum absolute atomic E-state index is 12.0. The number of ether oxygens (including phenoxy) is 1. The Hall–Kier alpha value is -1.98. The van der Waals surface area contributed by atoms with Gasteiger partial charge in [-0.15, -0.1) is 0 Å². The lowest BCUT2D eigenvalue weighted by atomic mass is 10.2. The predicted molar refractivity (Wildman–Crippen MR) is 80.8 cm³/mol. The topological polar surface area (TPSA) is 63.8 Å². The number of benzene rings is 1. The Morgan fingerprint density at radius 3 is 2.76 bits per heavy atom. The molecule has 0 bridgehead atoms. The molecule has 1 amide bonds. The van der Waals surface area contributed by atoms with Gasteiger partial charge in [0.15, 0.2) is 0 Å². The molecule has 0 aliphatic rings. The first kappa shape index (κ1) is 15.4. The fourth-order valence-corrected chi connectivity index (χ4v) is 1.81. The quantitative estimate of drug-likeness (QED) is 0.693. The van der Waals surface area contributed by atoms with Gasteiger partial charge in [-0.25, -0.2) is 4.99 Å². The summed E-state index contributed by atoms with van der Waals surface area (Å²) in [7, 11) is 1.41. The van der Waals surface area contributed by atoms with Crippen LogP contribution < -0.4 is 5.32 Å². The first-order valence-corrected chi connectivity index (χ1v) is 6.73. The number of carbonyl (C=O) groups excluding carboxylic acids is 1. The predicted octanol–water partition coefficient (Wildman–Crippen LogP) is 3.52. The van der Waals surface area contributed by atoms with E-state index in [1.165, 1.54) is 13.2 Å². The van der Waals surface area contributed by atoms with Crippen molar-refractivity contribution in [2.45, 2.75) is 6.54 Å². The van der Waals surface area contributed by atoms with E-state index >= 15 is 0 Å². The van der Waals surface area contributed by atoms with Crippen molar-refractivity contribution in [1.29, 1.82) is 0 Å². The molecule has 7 heteroatoms. The number of hydrogen-bond donors (Lipinski definition) is 1. The first-order chi connectivity index (χ1) is 10.1. The molecule has 0 aliphatic heterocycles. The maximum Gasteiger partial charge on any atom is 0.291 e. The molecular weight excluding hydrogens is 315 g/mol. The van der Waals surface area contributed by atoms with Crippen molar-refractivity contribution in [3.63, 3.8) is 0 Å². The third-order valence-electron chi connectivity index (χ3n) is 2.55. The van der Waals surface area contributed by atoms with E-state index in [0.29, 0.717) is 21.4 Å². The van der Waals surface area contributed by atoms with Crippen LogP contribution in [0.15, 0.2) is 46.0 Å². The number of rotatable bonds is 3. The Balaban J connectivity index is 2.05. The molecule has 0 aliphatic carbocycles. The van der Waals surface area contributed by atoms with Crippen LogP contribution in [0.25, 0.3) is 0 Å². The van der Waals surface area contributed by atoms with E-state index in [2.05, 4.69) is 10.3 Å². The van der Waals surface area contributed by atoms with Gasteiger partial charge < -0.3 is 9.15 Å². The van der Waals surface area contributed by atoms with Crippen molar-refractivity contribution < 1.29 is 13.9 Å². The minimum Gasteiger partial charge on any atom is -0.468 e. The summed E-state index contributed by atoms with van der Waals surface area (Å²) in [5, 5.41) is 3.22. The monoisotopic (exact) mass is 326 g/mol. The van der Waals surface area contributed by atoms with E-state index in [1.807, 2.05) is 0 Å². The van der Waals surface area contributed by atoms with Crippen LogP contribution >= 0.6 is 23.2 Å². The van der Waals surface area contributed by atoms with Crippen LogP contribution in [0.1, 0.15) is 16.1 Å². The van der Waals surface area contributed by atoms with Gasteiger partial charge in [-0.2, -0.15) is 0 Å². The summed E-state index contributed by atoms with van der Waals surface area (Å²) >= 11 is 11.7. The second-order valence-electron chi connectivity index (χ2n) is 3.99. The number of amidine groups is 1. The smallest absolute Gasteiger partial charge is 0.291 e. The number of hydrogen-bond acceptors (Lipinski definition) is 4. The largest absolute Gasteiger partial charge is 0.468 e. The maximum atomic E-state index is 12.0. The van der Waals surface area contributed by atoms with Crippen LogP contribution in [-0.2, 0) is 11.3 Å². The molecule has 2 rings (SSSR count). The van der Waals surface area contributed by atoms with Crippen molar-refractivity contribution in [3.8, 4) is 0 Å². The highest BCUT2D eigenvalue weighted by Crippen LogP contribution is 2.22. The Bertz CT molecular complexity index is 654. The number of halogens is 2. The van der Waals surface area contributed by atoms with Crippen molar-refractivity contribution in [2.24, 2.45) is 4.99 Å². The third-order valence-corrected chi connectivity index (χ3v) is 3.29. The molecule has 5 nitrogen and oxygen atoms in total. The van der Waals surface area contributed by atoms with Crippen molar-refractivity contribution in [1.82, 2.24) is 5.32 Å². The van der Waals surface area contributed by atoms with Crippen molar-refractivity contribution in [3.05, 3.63) is 58.0 Å². The van der Waals surface area contributed by atoms with E-state index in [9.17, 15) is 4.79 Å². The highest BCUT2D eigenvalue weighted by Gasteiger charge is 2.11. The molecule has 1 heterocycles. The lowest BCUT2D eigenvalue weighted by Gasteiger charge is -2.07. The van der Waals surface area contributed by atoms with Crippen LogP contribution in [-0.4, -0.2) is 19.0 Å². The summed E-state index contributed by atoms with van der Waals surface area (Å²) in [5.74, 6) is 0.266. The molecule has 110 valence electrons. The highest BCUT2D eigenvalue weighted by atomic mass is 35.5. The Morgan fingerprint density at radius 1 is 1.33 bits per heavy atom. The summed E-state index contributed by atoms with van der Waals surface area (Å²) in [6.45, 7) is 0.262. The van der Waals surface area contributed by atoms with Gasteiger partial charge in [0.1, 0.15) is 12.3 Å². The number of methoxy groups -OCH3 is 1. The van der Waals surface area contributed by atoms with E-state index in [0.717, 1.165) is 0 Å². The molecule has 0 atom stereocenters. The number of aliphatic imine (C=N–C) groups is 1. The Labute approximate surface area is 131 Å². The normalized spacial score (nSPS) is 11.3. The number of furan rings is 1. The third kappa shape index (κ3) is 4.24. The summed E-state index contributed by atoms with van der Waals surface area (Å²) in [6.07, 6.45) is 1.55. The van der Waals surface area contributed by atoms with Crippen LogP contribution in [0.2, 0.25) is 10.0 Å². The average molecular weight is 327 g/mol. The van der Waals surface area contributed by atoms with E-state index in [1.54, 1.807) is 30.5 Å². The van der Waals surface area contributed by atoms with Crippen LogP contribution in [0.3, 0.4) is 0 Å². The Kier molecular flexibility index (Phi) is 5.25. The molecule has 0 spiro atoms. The fraction of sp³-hybridized carbons (Fsp3) is 0.143. The summed E-state index contributed by atoms with van der Waals surface area (Å²) in [5.41, 5.74) is 0.354. The molecule has 0 saturated heterocycles. The van der Waals surface area contributed by atoms with Crippen molar-refractivity contribution in [2.75, 3.05) is 7.11 Å². The number of carbonyl (C=O) groups is 1. The van der Waals surface area contributed by atoms with Gasteiger partial charge >= 0.3 is 0 Å². The molecule has 0 saturated carbocycles. The minimum absolute atomic E-state index is 0.0856. The zero-order valence-corrected chi connectivity index (χ0v) is 12.6. The average Bonchev–Trinajstić information content (AvgIpc) is 2.99. The van der Waals surface area contributed by atoms with Gasteiger partial charge in [-0.3, -0.25) is 10.1 Å². The molecule has 1 aromatic carbocycles. The van der Waals surface area contributed by atoms with Gasteiger partial charge in [0.2, 0.25) is 0 Å². The zero-order chi connectivity index (χ0) is 15.2. The van der Waals surface area contributed by atoms with Crippen LogP contribution in [0, 0.1) is 0 Å². The molecule has 0 fully saturated rings. The summed E-state index contributed by atoms with van der Waals surface area (Å²) in [6, 6.07) is 8.19. The lowest BCUT2D eigenvalue weighted by Crippen LogP contribution is -2.31. The van der Waals surface area contributed by atoms with E-state index in [-0.39, 0.29) is 12.6 Å². The van der Waals surface area contributed by atoms with Crippen LogP contribution in [0.4, 0.5) is 0 Å². The fourth-order valence-electron chi connectivity index (χ4n) is 1.51. The number of nitrogens with one attached hydrogen (secondary N) is 1. The van der Waals surface area contributed by atoms with Crippen LogP contribution in [0.5, 0.6) is 0 Å². The van der Waals surface area contributed by atoms with Gasteiger partial charge in [0.05, 0.1) is 23.4 Å². The van der Waals surface area contributed by atoms with Gasteiger partial charge in [0, 0.05) is 5.56 Å². The first-order valence-electron chi connectivity index (χ1n) is 5.97. The summed E-state index contributed by atoms with van der Waals surface area (Å²) in [4.78, 5) is 16.1. The number of amides is 1. The van der Waals surface area contributed by atoms with Gasteiger partial charge in [-0.05, 0) is 30.3 Å². The molecule has 0 unspecified atom stereocenters. The molecule has 0 radical (unpaired) electrons.